The molecule has 1 aromatic heterocycles. The highest BCUT2D eigenvalue weighted by Gasteiger charge is 2.23. The van der Waals surface area contributed by atoms with Gasteiger partial charge >= 0.3 is 0 Å². The van der Waals surface area contributed by atoms with Crippen LogP contribution in [0.1, 0.15) is 43.2 Å². The quantitative estimate of drug-likeness (QED) is 0.707. The number of piperidine rings is 1. The third-order valence-corrected chi connectivity index (χ3v) is 6.18. The number of halogens is 1. The zero-order valence-corrected chi connectivity index (χ0v) is 17.4. The molecule has 0 unspecified atom stereocenters. The fourth-order valence-corrected chi connectivity index (χ4v) is 4.45. The summed E-state index contributed by atoms with van der Waals surface area (Å²) in [7, 11) is 0. The first-order chi connectivity index (χ1) is 14.7. The Kier molecular flexibility index (Phi) is 6.95. The minimum Gasteiger partial charge on any atom is -0.493 e. The van der Waals surface area contributed by atoms with Crippen molar-refractivity contribution in [2.24, 2.45) is 5.92 Å². The Morgan fingerprint density at radius 1 is 1.17 bits per heavy atom. The molecule has 6 heteroatoms. The highest BCUT2D eigenvalue weighted by molar-refractivity contribution is 5.89. The van der Waals surface area contributed by atoms with E-state index in [9.17, 15) is 9.18 Å². The summed E-state index contributed by atoms with van der Waals surface area (Å²) in [5.41, 5.74) is 1.94. The van der Waals surface area contributed by atoms with Crippen molar-refractivity contribution in [1.29, 1.82) is 0 Å². The number of amides is 1. The maximum Gasteiger partial charge on any atom is 0.225 e. The highest BCUT2D eigenvalue weighted by Crippen LogP contribution is 2.33. The van der Waals surface area contributed by atoms with Crippen LogP contribution in [0, 0.1) is 11.7 Å². The zero-order chi connectivity index (χ0) is 20.8. The van der Waals surface area contributed by atoms with Gasteiger partial charge in [-0.1, -0.05) is 6.07 Å². The molecule has 0 atom stereocenters. The number of carbonyl (C=O) groups excluding carboxylic acids is 1. The minimum atomic E-state index is -0.0862. The first-order valence-electron chi connectivity index (χ1n) is 11.1. The van der Waals surface area contributed by atoms with E-state index in [1.54, 1.807) is 24.4 Å². The summed E-state index contributed by atoms with van der Waals surface area (Å²) in [6.07, 6.45) is 8.01. The van der Waals surface area contributed by atoms with Crippen LogP contribution in [0.15, 0.2) is 36.5 Å². The third kappa shape index (κ3) is 5.36. The molecule has 2 aromatic rings. The maximum absolute atomic E-state index is 13.9. The van der Waals surface area contributed by atoms with Crippen molar-refractivity contribution in [1.82, 2.24) is 9.88 Å². The molecular formula is C24H30FN3O2. The number of likely N-dealkylation sites (tertiary alicyclic amines) is 1. The molecule has 30 heavy (non-hydrogen) atoms. The van der Waals surface area contributed by atoms with Gasteiger partial charge in [0, 0.05) is 18.2 Å². The second kappa shape index (κ2) is 10.0. The molecule has 1 amide bonds. The lowest BCUT2D eigenvalue weighted by Crippen LogP contribution is -2.36. The van der Waals surface area contributed by atoms with E-state index in [4.69, 9.17) is 4.74 Å². The van der Waals surface area contributed by atoms with Gasteiger partial charge in [-0.05, 0) is 93.9 Å². The first-order valence-corrected chi connectivity index (χ1v) is 11.1. The number of carbonyl (C=O) groups is 1. The fraction of sp³-hybridized carbons (Fsp3) is 0.500. The normalized spacial score (nSPS) is 17.0. The van der Waals surface area contributed by atoms with Crippen LogP contribution in [0.25, 0.3) is 0 Å². The second-order valence-corrected chi connectivity index (χ2v) is 8.32. The van der Waals surface area contributed by atoms with Crippen LogP contribution >= 0.6 is 0 Å². The number of benzene rings is 1. The molecule has 2 heterocycles. The Labute approximate surface area is 177 Å². The van der Waals surface area contributed by atoms with E-state index in [2.05, 4.69) is 15.2 Å². The van der Waals surface area contributed by atoms with E-state index < -0.39 is 0 Å². The number of nitrogens with zero attached hydrogens (tertiary/aromatic N) is 2. The molecule has 5 nitrogen and oxygen atoms in total. The van der Waals surface area contributed by atoms with Gasteiger partial charge in [-0.2, -0.15) is 0 Å². The van der Waals surface area contributed by atoms with Gasteiger partial charge < -0.3 is 15.0 Å². The summed E-state index contributed by atoms with van der Waals surface area (Å²) < 4.78 is 20.0. The van der Waals surface area contributed by atoms with E-state index in [1.165, 1.54) is 0 Å². The number of aromatic nitrogens is 1. The molecule has 2 aliphatic rings. The van der Waals surface area contributed by atoms with Crippen LogP contribution < -0.4 is 10.1 Å². The van der Waals surface area contributed by atoms with Crippen molar-refractivity contribution < 1.29 is 13.9 Å². The molecule has 1 aliphatic heterocycles. The maximum atomic E-state index is 13.9. The summed E-state index contributed by atoms with van der Waals surface area (Å²) in [5.74, 6) is 1.96. The lowest BCUT2D eigenvalue weighted by molar-refractivity contribution is -0.116. The number of nitrogens with one attached hydrogen (secondary N) is 1. The topological polar surface area (TPSA) is 54.5 Å². The van der Waals surface area contributed by atoms with Crippen LogP contribution in [0.2, 0.25) is 0 Å². The average molecular weight is 412 g/mol. The zero-order valence-electron chi connectivity index (χ0n) is 17.4. The van der Waals surface area contributed by atoms with Crippen molar-refractivity contribution in [3.63, 3.8) is 0 Å². The monoisotopic (exact) mass is 411 g/mol. The van der Waals surface area contributed by atoms with Crippen LogP contribution in [0.5, 0.6) is 5.75 Å². The molecular weight excluding hydrogens is 381 g/mol. The Balaban J connectivity index is 1.14. The van der Waals surface area contributed by atoms with E-state index >= 15 is 0 Å². The van der Waals surface area contributed by atoms with Gasteiger partial charge in [0.2, 0.25) is 5.91 Å². The van der Waals surface area contributed by atoms with Crippen molar-refractivity contribution in [3.8, 4) is 5.75 Å². The van der Waals surface area contributed by atoms with Gasteiger partial charge in [0.05, 0.1) is 6.61 Å². The largest absolute Gasteiger partial charge is 0.493 e. The summed E-state index contributed by atoms with van der Waals surface area (Å²) in [6, 6.07) is 8.83. The number of pyridine rings is 1. The Bertz CT molecular complexity index is 851. The minimum absolute atomic E-state index is 0.0174. The van der Waals surface area contributed by atoms with E-state index in [0.717, 1.165) is 75.0 Å². The predicted molar refractivity (Wildman–Crippen MR) is 115 cm³/mol. The lowest BCUT2D eigenvalue weighted by Gasteiger charge is -2.31. The van der Waals surface area contributed by atoms with Crippen molar-refractivity contribution in [2.45, 2.75) is 44.9 Å². The van der Waals surface area contributed by atoms with Gasteiger partial charge in [0.25, 0.3) is 0 Å². The lowest BCUT2D eigenvalue weighted by atomic mass is 9.97. The third-order valence-electron chi connectivity index (χ3n) is 6.18. The molecule has 0 saturated carbocycles. The highest BCUT2D eigenvalue weighted by atomic mass is 19.1. The molecule has 4 rings (SSSR count). The molecule has 0 spiro atoms. The van der Waals surface area contributed by atoms with Gasteiger partial charge in [0.1, 0.15) is 17.4 Å². The predicted octanol–water partition coefficient (Wildman–Crippen LogP) is 4.22. The molecule has 1 N–H and O–H groups in total. The van der Waals surface area contributed by atoms with Crippen LogP contribution in [0.3, 0.4) is 0 Å². The van der Waals surface area contributed by atoms with Gasteiger partial charge in [-0.25, -0.2) is 9.37 Å². The Hall–Kier alpha value is -2.47. The van der Waals surface area contributed by atoms with Gasteiger partial charge in [0.15, 0.2) is 0 Å². The number of hydrogen-bond acceptors (Lipinski definition) is 4. The molecule has 1 aromatic carbocycles. The van der Waals surface area contributed by atoms with Crippen molar-refractivity contribution in [2.75, 3.05) is 31.6 Å². The molecule has 1 fully saturated rings. The van der Waals surface area contributed by atoms with Gasteiger partial charge in [-0.15, -0.1) is 0 Å². The van der Waals surface area contributed by atoms with Crippen LogP contribution in [0.4, 0.5) is 10.2 Å². The Morgan fingerprint density at radius 2 is 2.00 bits per heavy atom. The van der Waals surface area contributed by atoms with E-state index in [-0.39, 0.29) is 11.7 Å². The van der Waals surface area contributed by atoms with E-state index in [1.807, 2.05) is 12.1 Å². The molecule has 160 valence electrons. The standard InChI is InChI=1S/C24H30FN3O2/c25-21-9-10-22(20-6-3-5-19(20)21)30-17-18-11-15-28(16-12-18)14-4-8-24(29)27-23-7-1-2-13-26-23/h1-2,7,9-10,13,18H,3-6,8,11-12,14-17H2,(H,26,27,29). The van der Waals surface area contributed by atoms with Crippen LogP contribution in [-0.4, -0.2) is 42.0 Å². The Morgan fingerprint density at radius 3 is 2.80 bits per heavy atom. The number of rotatable bonds is 8. The number of ether oxygens (including phenoxy) is 1. The second-order valence-electron chi connectivity index (χ2n) is 8.32. The molecule has 0 bridgehead atoms. The SMILES string of the molecule is O=C(CCCN1CCC(COc2ccc(F)c3c2CCC3)CC1)Nc1ccccn1. The van der Waals surface area contributed by atoms with Gasteiger partial charge in [-0.3, -0.25) is 4.79 Å². The summed E-state index contributed by atoms with van der Waals surface area (Å²) in [6.45, 7) is 3.72. The number of hydrogen-bond donors (Lipinski definition) is 1. The van der Waals surface area contributed by atoms with Crippen molar-refractivity contribution in [3.05, 3.63) is 53.5 Å². The smallest absolute Gasteiger partial charge is 0.225 e. The number of anilines is 1. The molecule has 1 saturated heterocycles. The van der Waals surface area contributed by atoms with Crippen molar-refractivity contribution >= 4 is 11.7 Å². The average Bonchev–Trinajstić information content (AvgIpc) is 3.26. The molecule has 1 aliphatic carbocycles. The summed E-state index contributed by atoms with van der Waals surface area (Å²) in [5, 5.41) is 2.83. The molecule has 0 radical (unpaired) electrons. The van der Waals surface area contributed by atoms with Crippen LogP contribution in [-0.2, 0) is 17.6 Å². The first kappa shape index (κ1) is 20.8. The fourth-order valence-electron chi connectivity index (χ4n) is 4.45. The number of fused-ring (bicyclic) bond motifs is 1. The summed E-state index contributed by atoms with van der Waals surface area (Å²) >= 11 is 0. The van der Waals surface area contributed by atoms with E-state index in [0.29, 0.717) is 24.8 Å². The summed E-state index contributed by atoms with van der Waals surface area (Å²) in [4.78, 5) is 18.6.